The summed E-state index contributed by atoms with van der Waals surface area (Å²) in [4.78, 5) is 19.1. The molecule has 3 rings (SSSR count). The van der Waals surface area contributed by atoms with Gasteiger partial charge in [-0.15, -0.1) is 0 Å². The van der Waals surface area contributed by atoms with Crippen molar-refractivity contribution in [3.8, 4) is 0 Å². The van der Waals surface area contributed by atoms with Crippen molar-refractivity contribution in [3.05, 3.63) is 29.6 Å². The number of nitrogens with zero attached hydrogens (tertiary/aromatic N) is 2. The number of rotatable bonds is 3. The van der Waals surface area contributed by atoms with Gasteiger partial charge in [-0.1, -0.05) is 0 Å². The molecule has 3 heterocycles. The van der Waals surface area contributed by atoms with Gasteiger partial charge >= 0.3 is 0 Å². The predicted octanol–water partition coefficient (Wildman–Crippen LogP) is 1.08. The van der Waals surface area contributed by atoms with Gasteiger partial charge in [0.25, 0.3) is 0 Å². The molecule has 5 nitrogen and oxygen atoms in total. The molecule has 120 valence electrons. The van der Waals surface area contributed by atoms with Gasteiger partial charge in [-0.25, -0.2) is 0 Å². The van der Waals surface area contributed by atoms with Crippen LogP contribution in [0.25, 0.3) is 0 Å². The van der Waals surface area contributed by atoms with E-state index in [2.05, 4.69) is 27.6 Å². The number of nitrogens with one attached hydrogen (secondary N) is 2. The maximum Gasteiger partial charge on any atom is 0.237 e. The highest BCUT2D eigenvalue weighted by molar-refractivity contribution is 5.82. The first-order valence-electron chi connectivity index (χ1n) is 8.18. The number of carbonyl (C=O) groups excluding carboxylic acids is 1. The molecule has 1 amide bonds. The summed E-state index contributed by atoms with van der Waals surface area (Å²) >= 11 is 0. The summed E-state index contributed by atoms with van der Waals surface area (Å²) in [6, 6.07) is 3.99. The zero-order valence-corrected chi connectivity index (χ0v) is 13.6. The summed E-state index contributed by atoms with van der Waals surface area (Å²) < 4.78 is 0. The molecule has 2 saturated heterocycles. The smallest absolute Gasteiger partial charge is 0.237 e. The Morgan fingerprint density at radius 1 is 1.50 bits per heavy atom. The minimum absolute atomic E-state index is 0.00269. The van der Waals surface area contributed by atoms with Gasteiger partial charge in [-0.05, 0) is 69.4 Å². The number of hydrogen-bond acceptors (Lipinski definition) is 4. The Kier molecular flexibility index (Phi) is 4.45. The fourth-order valence-electron chi connectivity index (χ4n) is 3.87. The summed E-state index contributed by atoms with van der Waals surface area (Å²) in [6.45, 7) is 5.75. The van der Waals surface area contributed by atoms with Crippen molar-refractivity contribution in [1.29, 1.82) is 0 Å². The topological polar surface area (TPSA) is 57.3 Å². The Morgan fingerprint density at radius 3 is 3.00 bits per heavy atom. The summed E-state index contributed by atoms with van der Waals surface area (Å²) in [5, 5.41) is 6.48. The van der Waals surface area contributed by atoms with Crippen LogP contribution >= 0.6 is 0 Å². The molecule has 2 fully saturated rings. The number of carbonyl (C=O) groups is 1. The maximum absolute atomic E-state index is 12.5. The molecule has 0 aromatic carbocycles. The van der Waals surface area contributed by atoms with Crippen LogP contribution in [0.15, 0.2) is 18.3 Å². The van der Waals surface area contributed by atoms with Crippen molar-refractivity contribution < 1.29 is 4.79 Å². The van der Waals surface area contributed by atoms with Gasteiger partial charge in [0.2, 0.25) is 5.91 Å². The number of aryl methyl sites for hydroxylation is 1. The molecule has 2 aliphatic rings. The predicted molar refractivity (Wildman–Crippen MR) is 86.4 cm³/mol. The molecule has 5 heteroatoms. The van der Waals surface area contributed by atoms with Crippen LogP contribution in [0.3, 0.4) is 0 Å². The van der Waals surface area contributed by atoms with E-state index in [-0.39, 0.29) is 11.9 Å². The second-order valence-corrected chi connectivity index (χ2v) is 6.93. The van der Waals surface area contributed by atoms with Crippen LogP contribution in [-0.2, 0) is 11.3 Å². The summed E-state index contributed by atoms with van der Waals surface area (Å²) in [6.07, 6.45) is 5.14. The Balaban J connectivity index is 1.58. The van der Waals surface area contributed by atoms with E-state index in [0.29, 0.717) is 12.0 Å². The molecule has 2 aliphatic heterocycles. The highest BCUT2D eigenvalue weighted by Gasteiger charge is 2.45. The minimum atomic E-state index is 0.00269. The maximum atomic E-state index is 12.5. The summed E-state index contributed by atoms with van der Waals surface area (Å²) in [7, 11) is 2.08. The van der Waals surface area contributed by atoms with E-state index < -0.39 is 0 Å². The second-order valence-electron chi connectivity index (χ2n) is 6.93. The normalized spacial score (nSPS) is 24.5. The van der Waals surface area contributed by atoms with Crippen LogP contribution < -0.4 is 10.6 Å². The molecule has 0 radical (unpaired) electrons. The summed E-state index contributed by atoms with van der Waals surface area (Å²) in [5.74, 6) is 0.140. The Morgan fingerprint density at radius 2 is 2.27 bits per heavy atom. The van der Waals surface area contributed by atoms with E-state index in [1.54, 1.807) is 6.20 Å². The molecular weight excluding hydrogens is 276 g/mol. The van der Waals surface area contributed by atoms with Gasteiger partial charge in [0, 0.05) is 12.7 Å². The van der Waals surface area contributed by atoms with E-state index in [1.807, 2.05) is 19.1 Å². The highest BCUT2D eigenvalue weighted by atomic mass is 16.2. The number of hydrogen-bond donors (Lipinski definition) is 2. The van der Waals surface area contributed by atoms with Crippen LogP contribution in [0.4, 0.5) is 0 Å². The zero-order chi connectivity index (χ0) is 15.6. The summed E-state index contributed by atoms with van der Waals surface area (Å²) in [5.41, 5.74) is 2.43. The first kappa shape index (κ1) is 15.4. The Bertz CT molecular complexity index is 539. The van der Waals surface area contributed by atoms with E-state index in [0.717, 1.165) is 31.7 Å². The minimum Gasteiger partial charge on any atom is -0.349 e. The van der Waals surface area contributed by atoms with Crippen molar-refractivity contribution in [2.45, 2.75) is 38.8 Å². The number of pyridine rings is 1. The molecule has 0 saturated carbocycles. The van der Waals surface area contributed by atoms with Gasteiger partial charge in [-0.3, -0.25) is 14.7 Å². The number of likely N-dealkylation sites (tertiary alicyclic amines) is 1. The number of likely N-dealkylation sites (N-methyl/N-ethyl adjacent to an activating group) is 1. The van der Waals surface area contributed by atoms with Crippen LogP contribution in [0.1, 0.15) is 30.5 Å². The van der Waals surface area contributed by atoms with Crippen molar-refractivity contribution in [1.82, 2.24) is 20.5 Å². The van der Waals surface area contributed by atoms with Gasteiger partial charge in [0.05, 0.1) is 18.3 Å². The first-order chi connectivity index (χ1) is 10.6. The average molecular weight is 302 g/mol. The fraction of sp³-hybridized carbons (Fsp3) is 0.647. The van der Waals surface area contributed by atoms with Gasteiger partial charge in [0.1, 0.15) is 0 Å². The molecule has 2 N–H and O–H groups in total. The highest BCUT2D eigenvalue weighted by Crippen LogP contribution is 2.41. The second kappa shape index (κ2) is 6.34. The zero-order valence-electron chi connectivity index (χ0n) is 13.6. The lowest BCUT2D eigenvalue weighted by Gasteiger charge is -2.33. The van der Waals surface area contributed by atoms with Crippen LogP contribution in [0.2, 0.25) is 0 Å². The number of piperidine rings is 1. The van der Waals surface area contributed by atoms with Crippen LogP contribution in [0, 0.1) is 12.3 Å². The quantitative estimate of drug-likeness (QED) is 0.877. The molecular formula is C17H26N4O. The van der Waals surface area contributed by atoms with E-state index in [9.17, 15) is 4.79 Å². The SMILES string of the molecule is Cc1ccnc(CNC(=O)[C@H]2CC3(CCNCC3)CN2C)c1. The molecule has 1 atom stereocenters. The van der Waals surface area contributed by atoms with Crippen molar-refractivity contribution in [2.24, 2.45) is 5.41 Å². The monoisotopic (exact) mass is 302 g/mol. The molecule has 22 heavy (non-hydrogen) atoms. The van der Waals surface area contributed by atoms with Crippen molar-refractivity contribution >= 4 is 5.91 Å². The number of amides is 1. The third-order valence-electron chi connectivity index (χ3n) is 5.13. The molecule has 0 bridgehead atoms. The molecule has 1 aromatic rings. The van der Waals surface area contributed by atoms with Crippen LogP contribution in [0.5, 0.6) is 0 Å². The average Bonchev–Trinajstić information content (AvgIpc) is 2.82. The van der Waals surface area contributed by atoms with E-state index >= 15 is 0 Å². The molecule has 1 aromatic heterocycles. The van der Waals surface area contributed by atoms with E-state index in [4.69, 9.17) is 0 Å². The number of aromatic nitrogens is 1. The van der Waals surface area contributed by atoms with Crippen molar-refractivity contribution in [2.75, 3.05) is 26.7 Å². The lowest BCUT2D eigenvalue weighted by molar-refractivity contribution is -0.125. The first-order valence-corrected chi connectivity index (χ1v) is 8.18. The third-order valence-corrected chi connectivity index (χ3v) is 5.13. The van der Waals surface area contributed by atoms with Crippen molar-refractivity contribution in [3.63, 3.8) is 0 Å². The molecule has 1 spiro atoms. The third kappa shape index (κ3) is 3.31. The van der Waals surface area contributed by atoms with E-state index in [1.165, 1.54) is 18.4 Å². The molecule has 0 unspecified atom stereocenters. The molecule has 0 aliphatic carbocycles. The van der Waals surface area contributed by atoms with Gasteiger partial charge in [0.15, 0.2) is 0 Å². The van der Waals surface area contributed by atoms with Gasteiger partial charge in [-0.2, -0.15) is 0 Å². The largest absolute Gasteiger partial charge is 0.349 e. The Labute approximate surface area is 132 Å². The Hall–Kier alpha value is -1.46. The standard InChI is InChI=1S/C17H26N4O/c1-13-3-6-19-14(9-13)11-20-16(22)15-10-17(12-21(15)2)4-7-18-8-5-17/h3,6,9,15,18H,4-5,7-8,10-12H2,1-2H3,(H,20,22)/t15-/m1/s1. The van der Waals surface area contributed by atoms with Crippen LogP contribution in [-0.4, -0.2) is 48.5 Å². The fourth-order valence-corrected chi connectivity index (χ4v) is 3.87. The lowest BCUT2D eigenvalue weighted by Crippen LogP contribution is -2.41. The van der Waals surface area contributed by atoms with Gasteiger partial charge < -0.3 is 10.6 Å². The lowest BCUT2D eigenvalue weighted by atomic mass is 9.77.